The topological polar surface area (TPSA) is 34.1 Å². The molecule has 20 heavy (non-hydrogen) atoms. The Kier molecular flexibility index (Phi) is 3.50. The molecule has 0 unspecified atom stereocenters. The van der Waals surface area contributed by atoms with Crippen molar-refractivity contribution in [1.29, 1.82) is 0 Å². The van der Waals surface area contributed by atoms with E-state index in [1.54, 1.807) is 7.11 Å². The summed E-state index contributed by atoms with van der Waals surface area (Å²) in [5.41, 5.74) is 3.28. The molecule has 0 amide bonds. The van der Waals surface area contributed by atoms with E-state index in [0.717, 1.165) is 28.9 Å². The summed E-state index contributed by atoms with van der Waals surface area (Å²) in [4.78, 5) is 4.36. The standard InChI is InChI=1S/C17H16N2O/c1-20-14-6-2-5-13(11-14)12-19-17-9-3-8-16-15(17)7-4-10-18-16/h2-11,19H,12H2,1H3. The monoisotopic (exact) mass is 264 g/mol. The molecule has 0 spiro atoms. The molecule has 1 heterocycles. The maximum absolute atomic E-state index is 5.24. The highest BCUT2D eigenvalue weighted by Crippen LogP contribution is 2.22. The third-order valence-corrected chi connectivity index (χ3v) is 3.26. The molecule has 2 aromatic carbocycles. The first kappa shape index (κ1) is 12.5. The Labute approximate surface area is 118 Å². The van der Waals surface area contributed by atoms with Crippen molar-refractivity contribution >= 4 is 16.6 Å². The Bertz CT molecular complexity index is 720. The fourth-order valence-electron chi connectivity index (χ4n) is 2.24. The quantitative estimate of drug-likeness (QED) is 0.777. The number of nitrogens with zero attached hydrogens (tertiary/aromatic N) is 1. The minimum absolute atomic E-state index is 0.755. The highest BCUT2D eigenvalue weighted by Gasteiger charge is 2.01. The van der Waals surface area contributed by atoms with E-state index in [9.17, 15) is 0 Å². The van der Waals surface area contributed by atoms with Crippen molar-refractivity contribution in [2.75, 3.05) is 12.4 Å². The maximum atomic E-state index is 5.24. The molecule has 3 rings (SSSR count). The van der Waals surface area contributed by atoms with Gasteiger partial charge in [-0.15, -0.1) is 0 Å². The smallest absolute Gasteiger partial charge is 0.119 e. The lowest BCUT2D eigenvalue weighted by molar-refractivity contribution is 0.414. The summed E-state index contributed by atoms with van der Waals surface area (Å²) in [5, 5.41) is 4.60. The molecule has 0 fully saturated rings. The lowest BCUT2D eigenvalue weighted by atomic mass is 10.1. The second-order valence-electron chi connectivity index (χ2n) is 4.58. The number of anilines is 1. The summed E-state index contributed by atoms with van der Waals surface area (Å²) < 4.78 is 5.24. The Morgan fingerprint density at radius 1 is 1.05 bits per heavy atom. The lowest BCUT2D eigenvalue weighted by Crippen LogP contribution is -2.00. The molecule has 3 heteroatoms. The molecule has 0 saturated carbocycles. The number of fused-ring (bicyclic) bond motifs is 1. The number of rotatable bonds is 4. The highest BCUT2D eigenvalue weighted by molar-refractivity contribution is 5.91. The van der Waals surface area contributed by atoms with Crippen LogP contribution < -0.4 is 10.1 Å². The van der Waals surface area contributed by atoms with E-state index in [1.165, 1.54) is 5.56 Å². The summed E-state index contributed by atoms with van der Waals surface area (Å²) in [6, 6.07) is 18.2. The summed E-state index contributed by atoms with van der Waals surface area (Å²) in [7, 11) is 1.68. The predicted molar refractivity (Wildman–Crippen MR) is 82.1 cm³/mol. The number of ether oxygens (including phenoxy) is 1. The van der Waals surface area contributed by atoms with E-state index in [1.807, 2.05) is 42.6 Å². The number of nitrogens with one attached hydrogen (secondary N) is 1. The molecule has 0 saturated heterocycles. The van der Waals surface area contributed by atoms with Gasteiger partial charge in [0.15, 0.2) is 0 Å². The fraction of sp³-hybridized carbons (Fsp3) is 0.118. The molecular weight excluding hydrogens is 248 g/mol. The van der Waals surface area contributed by atoms with Crippen molar-refractivity contribution in [3.63, 3.8) is 0 Å². The average Bonchev–Trinajstić information content (AvgIpc) is 2.53. The molecule has 100 valence electrons. The van der Waals surface area contributed by atoms with Crippen LogP contribution in [0.4, 0.5) is 5.69 Å². The first-order chi connectivity index (χ1) is 9.86. The molecule has 0 bridgehead atoms. The normalized spacial score (nSPS) is 10.4. The van der Waals surface area contributed by atoms with E-state index in [4.69, 9.17) is 4.74 Å². The van der Waals surface area contributed by atoms with Crippen molar-refractivity contribution in [2.24, 2.45) is 0 Å². The summed E-state index contributed by atoms with van der Waals surface area (Å²) in [5.74, 6) is 0.879. The van der Waals surface area contributed by atoms with Crippen LogP contribution in [-0.2, 0) is 6.54 Å². The van der Waals surface area contributed by atoms with Gasteiger partial charge in [-0.3, -0.25) is 4.98 Å². The van der Waals surface area contributed by atoms with Gasteiger partial charge in [0.1, 0.15) is 5.75 Å². The molecule has 3 aromatic rings. The molecule has 0 aliphatic rings. The van der Waals surface area contributed by atoms with Gasteiger partial charge in [-0.1, -0.05) is 18.2 Å². The summed E-state index contributed by atoms with van der Waals surface area (Å²) in [6.45, 7) is 0.755. The minimum Gasteiger partial charge on any atom is -0.497 e. The zero-order valence-corrected chi connectivity index (χ0v) is 11.3. The van der Waals surface area contributed by atoms with Crippen molar-refractivity contribution < 1.29 is 4.74 Å². The number of hydrogen-bond donors (Lipinski definition) is 1. The lowest BCUT2D eigenvalue weighted by Gasteiger charge is -2.10. The van der Waals surface area contributed by atoms with Crippen LogP contribution in [0.15, 0.2) is 60.8 Å². The molecule has 0 atom stereocenters. The van der Waals surface area contributed by atoms with E-state index < -0.39 is 0 Å². The van der Waals surface area contributed by atoms with Crippen LogP contribution in [0.2, 0.25) is 0 Å². The van der Waals surface area contributed by atoms with Gasteiger partial charge >= 0.3 is 0 Å². The SMILES string of the molecule is COc1cccc(CNc2cccc3ncccc23)c1. The minimum atomic E-state index is 0.755. The van der Waals surface area contributed by atoms with Gasteiger partial charge in [0, 0.05) is 23.8 Å². The van der Waals surface area contributed by atoms with E-state index >= 15 is 0 Å². The van der Waals surface area contributed by atoms with Crippen molar-refractivity contribution in [1.82, 2.24) is 4.98 Å². The van der Waals surface area contributed by atoms with Crippen LogP contribution in [0.5, 0.6) is 5.75 Å². The van der Waals surface area contributed by atoms with Gasteiger partial charge in [-0.05, 0) is 42.0 Å². The summed E-state index contributed by atoms with van der Waals surface area (Å²) in [6.07, 6.45) is 1.81. The molecule has 1 aromatic heterocycles. The van der Waals surface area contributed by atoms with Gasteiger partial charge in [0.25, 0.3) is 0 Å². The van der Waals surface area contributed by atoms with Crippen molar-refractivity contribution in [3.05, 3.63) is 66.4 Å². The first-order valence-electron chi connectivity index (χ1n) is 6.57. The van der Waals surface area contributed by atoms with Gasteiger partial charge in [0.2, 0.25) is 0 Å². The van der Waals surface area contributed by atoms with Gasteiger partial charge < -0.3 is 10.1 Å². The third-order valence-electron chi connectivity index (χ3n) is 3.26. The number of benzene rings is 2. The van der Waals surface area contributed by atoms with Crippen LogP contribution in [0, 0.1) is 0 Å². The zero-order chi connectivity index (χ0) is 13.8. The second kappa shape index (κ2) is 5.61. The Hall–Kier alpha value is -2.55. The Morgan fingerprint density at radius 3 is 2.85 bits per heavy atom. The second-order valence-corrected chi connectivity index (χ2v) is 4.58. The van der Waals surface area contributed by atoms with Crippen LogP contribution in [0.25, 0.3) is 10.9 Å². The van der Waals surface area contributed by atoms with Crippen LogP contribution in [0.3, 0.4) is 0 Å². The third kappa shape index (κ3) is 2.57. The molecule has 3 nitrogen and oxygen atoms in total. The molecule has 0 radical (unpaired) electrons. The van der Waals surface area contributed by atoms with Gasteiger partial charge in [-0.25, -0.2) is 0 Å². The zero-order valence-electron chi connectivity index (χ0n) is 11.3. The predicted octanol–water partition coefficient (Wildman–Crippen LogP) is 3.86. The number of aromatic nitrogens is 1. The Morgan fingerprint density at radius 2 is 1.95 bits per heavy atom. The van der Waals surface area contributed by atoms with E-state index in [0.29, 0.717) is 0 Å². The van der Waals surface area contributed by atoms with Crippen molar-refractivity contribution in [3.8, 4) is 5.75 Å². The number of methoxy groups -OCH3 is 1. The van der Waals surface area contributed by atoms with Crippen molar-refractivity contribution in [2.45, 2.75) is 6.54 Å². The summed E-state index contributed by atoms with van der Waals surface area (Å²) >= 11 is 0. The number of hydrogen-bond acceptors (Lipinski definition) is 3. The van der Waals surface area contributed by atoms with Crippen LogP contribution >= 0.6 is 0 Å². The maximum Gasteiger partial charge on any atom is 0.119 e. The van der Waals surface area contributed by atoms with Crippen LogP contribution in [-0.4, -0.2) is 12.1 Å². The number of pyridine rings is 1. The van der Waals surface area contributed by atoms with E-state index in [-0.39, 0.29) is 0 Å². The largest absolute Gasteiger partial charge is 0.497 e. The fourth-order valence-corrected chi connectivity index (χ4v) is 2.24. The highest BCUT2D eigenvalue weighted by atomic mass is 16.5. The molecule has 1 N–H and O–H groups in total. The van der Waals surface area contributed by atoms with Gasteiger partial charge in [0.05, 0.1) is 12.6 Å². The Balaban J connectivity index is 1.83. The van der Waals surface area contributed by atoms with Crippen LogP contribution in [0.1, 0.15) is 5.56 Å². The van der Waals surface area contributed by atoms with E-state index in [2.05, 4.69) is 28.5 Å². The average molecular weight is 264 g/mol. The molecule has 0 aliphatic carbocycles. The molecule has 0 aliphatic heterocycles. The van der Waals surface area contributed by atoms with Gasteiger partial charge in [-0.2, -0.15) is 0 Å². The first-order valence-corrected chi connectivity index (χ1v) is 6.57. The molecular formula is C17H16N2O.